The molecule has 2 aliphatic heterocycles. The van der Waals surface area contributed by atoms with Gasteiger partial charge < -0.3 is 10.5 Å². The lowest BCUT2D eigenvalue weighted by Gasteiger charge is -2.46. The third-order valence-corrected chi connectivity index (χ3v) is 4.25. The van der Waals surface area contributed by atoms with Gasteiger partial charge in [0.05, 0.1) is 12.1 Å². The lowest BCUT2D eigenvalue weighted by Crippen LogP contribution is -2.57. The van der Waals surface area contributed by atoms with Gasteiger partial charge in [0, 0.05) is 13.2 Å². The number of hydrogen-bond donors (Lipinski definition) is 1. The van der Waals surface area contributed by atoms with Crippen molar-refractivity contribution in [2.45, 2.75) is 38.6 Å². The molecule has 2 heterocycles. The van der Waals surface area contributed by atoms with Gasteiger partial charge in [0.15, 0.2) is 0 Å². The highest BCUT2D eigenvalue weighted by Crippen LogP contribution is 2.35. The topological polar surface area (TPSA) is 38.5 Å². The fourth-order valence-electron chi connectivity index (χ4n) is 2.72. The molecule has 0 amide bonds. The van der Waals surface area contributed by atoms with Crippen LogP contribution in [0.5, 0.6) is 0 Å². The average Bonchev–Trinajstić information content (AvgIpc) is 2.67. The Morgan fingerprint density at radius 2 is 1.87 bits per heavy atom. The highest BCUT2D eigenvalue weighted by molar-refractivity contribution is 4.97. The van der Waals surface area contributed by atoms with Gasteiger partial charge in [-0.2, -0.15) is 0 Å². The molecule has 88 valence electrons. The predicted molar refractivity (Wildman–Crippen MR) is 61.8 cm³/mol. The van der Waals surface area contributed by atoms with E-state index in [1.54, 1.807) is 0 Å². The van der Waals surface area contributed by atoms with Crippen LogP contribution in [0.4, 0.5) is 0 Å². The molecule has 0 aliphatic carbocycles. The van der Waals surface area contributed by atoms with Gasteiger partial charge in [-0.25, -0.2) is 0 Å². The van der Waals surface area contributed by atoms with E-state index in [1.165, 1.54) is 25.9 Å². The number of piperidine rings is 1. The molecule has 0 aromatic heterocycles. The summed E-state index contributed by atoms with van der Waals surface area (Å²) in [7, 11) is 0. The summed E-state index contributed by atoms with van der Waals surface area (Å²) in [6.45, 7) is 9.57. The smallest absolute Gasteiger partial charge is 0.0663 e. The Hall–Kier alpha value is -0.120. The van der Waals surface area contributed by atoms with Crippen LogP contribution in [0.3, 0.4) is 0 Å². The third-order valence-electron chi connectivity index (χ3n) is 4.25. The number of nitrogens with two attached hydrogens (primary N) is 1. The van der Waals surface area contributed by atoms with Crippen LogP contribution in [0, 0.1) is 5.41 Å². The summed E-state index contributed by atoms with van der Waals surface area (Å²) in [6.07, 6.45) is 3.69. The van der Waals surface area contributed by atoms with Gasteiger partial charge in [0.2, 0.25) is 0 Å². The zero-order valence-corrected chi connectivity index (χ0v) is 10.1. The number of nitrogens with zero attached hydrogens (tertiary/aromatic N) is 1. The third kappa shape index (κ3) is 2.19. The highest BCUT2D eigenvalue weighted by Gasteiger charge is 2.41. The van der Waals surface area contributed by atoms with Crippen LogP contribution in [0.2, 0.25) is 0 Å². The van der Waals surface area contributed by atoms with Gasteiger partial charge in [0.25, 0.3) is 0 Å². The van der Waals surface area contributed by atoms with E-state index in [2.05, 4.69) is 18.7 Å². The van der Waals surface area contributed by atoms with Crippen molar-refractivity contribution in [2.75, 3.05) is 32.8 Å². The van der Waals surface area contributed by atoms with Crippen LogP contribution in [0.15, 0.2) is 0 Å². The molecule has 2 saturated heterocycles. The summed E-state index contributed by atoms with van der Waals surface area (Å²) in [5, 5.41) is 0. The van der Waals surface area contributed by atoms with Crippen LogP contribution in [-0.2, 0) is 4.74 Å². The van der Waals surface area contributed by atoms with Crippen LogP contribution in [0.25, 0.3) is 0 Å². The number of rotatable bonds is 2. The molecule has 2 aliphatic rings. The summed E-state index contributed by atoms with van der Waals surface area (Å²) in [5.74, 6) is 0. The molecule has 2 rings (SSSR count). The summed E-state index contributed by atoms with van der Waals surface area (Å²) in [6, 6.07) is 0. The van der Waals surface area contributed by atoms with Crippen LogP contribution in [0.1, 0.15) is 33.1 Å². The van der Waals surface area contributed by atoms with E-state index >= 15 is 0 Å². The van der Waals surface area contributed by atoms with Gasteiger partial charge in [-0.15, -0.1) is 0 Å². The molecule has 1 unspecified atom stereocenters. The monoisotopic (exact) mass is 212 g/mol. The maximum atomic E-state index is 5.95. The molecule has 0 aromatic rings. The molecule has 0 spiro atoms. The Bertz CT molecular complexity index is 212. The van der Waals surface area contributed by atoms with Crippen molar-refractivity contribution in [3.05, 3.63) is 0 Å². The predicted octanol–water partition coefficient (Wildman–Crippen LogP) is 1.23. The summed E-state index contributed by atoms with van der Waals surface area (Å²) >= 11 is 0. The van der Waals surface area contributed by atoms with Gasteiger partial charge in [-0.3, -0.25) is 4.90 Å². The maximum absolute atomic E-state index is 5.95. The summed E-state index contributed by atoms with van der Waals surface area (Å²) in [5.41, 5.74) is 6.63. The van der Waals surface area contributed by atoms with E-state index in [4.69, 9.17) is 10.5 Å². The molecule has 2 N–H and O–H groups in total. The van der Waals surface area contributed by atoms with E-state index in [0.29, 0.717) is 5.41 Å². The van der Waals surface area contributed by atoms with Crippen LogP contribution >= 0.6 is 0 Å². The molecule has 1 atom stereocenters. The fourth-order valence-corrected chi connectivity index (χ4v) is 2.72. The van der Waals surface area contributed by atoms with Crippen LogP contribution in [-0.4, -0.2) is 43.3 Å². The van der Waals surface area contributed by atoms with E-state index in [0.717, 1.165) is 26.2 Å². The van der Waals surface area contributed by atoms with Crippen LogP contribution < -0.4 is 5.73 Å². The number of ether oxygens (including phenoxy) is 1. The van der Waals surface area contributed by atoms with Crippen molar-refractivity contribution in [1.29, 1.82) is 0 Å². The molecule has 2 fully saturated rings. The van der Waals surface area contributed by atoms with Crippen molar-refractivity contribution >= 4 is 0 Å². The second-order valence-corrected chi connectivity index (χ2v) is 5.88. The first-order valence-electron chi connectivity index (χ1n) is 6.11. The first-order valence-corrected chi connectivity index (χ1v) is 6.11. The van der Waals surface area contributed by atoms with Crippen molar-refractivity contribution in [3.8, 4) is 0 Å². The first-order chi connectivity index (χ1) is 7.08. The Balaban J connectivity index is 1.99. The largest absolute Gasteiger partial charge is 0.379 e. The van der Waals surface area contributed by atoms with Crippen molar-refractivity contribution in [2.24, 2.45) is 11.1 Å². The SMILES string of the molecule is CC1(C)CCN(C2(CN)CCOC2)CC1. The minimum Gasteiger partial charge on any atom is -0.379 e. The minimum atomic E-state index is 0.163. The second kappa shape index (κ2) is 4.04. The average molecular weight is 212 g/mol. The molecule has 3 nitrogen and oxygen atoms in total. The number of likely N-dealkylation sites (tertiary alicyclic amines) is 1. The Morgan fingerprint density at radius 3 is 2.33 bits per heavy atom. The van der Waals surface area contributed by atoms with E-state index in [-0.39, 0.29) is 5.54 Å². The van der Waals surface area contributed by atoms with Crippen molar-refractivity contribution < 1.29 is 4.74 Å². The zero-order chi connectivity index (χ0) is 10.9. The van der Waals surface area contributed by atoms with Gasteiger partial charge >= 0.3 is 0 Å². The van der Waals surface area contributed by atoms with Crippen molar-refractivity contribution in [1.82, 2.24) is 4.90 Å². The van der Waals surface area contributed by atoms with Crippen molar-refractivity contribution in [3.63, 3.8) is 0 Å². The minimum absolute atomic E-state index is 0.163. The normalized spacial score (nSPS) is 37.0. The second-order valence-electron chi connectivity index (χ2n) is 5.88. The molecule has 0 bridgehead atoms. The van der Waals surface area contributed by atoms with Gasteiger partial charge in [-0.1, -0.05) is 13.8 Å². The Kier molecular flexibility index (Phi) is 3.06. The molecule has 0 saturated carbocycles. The Labute approximate surface area is 93.0 Å². The fraction of sp³-hybridized carbons (Fsp3) is 1.00. The zero-order valence-electron chi connectivity index (χ0n) is 10.1. The Morgan fingerprint density at radius 1 is 1.20 bits per heavy atom. The molecular weight excluding hydrogens is 188 g/mol. The molecular formula is C12H24N2O. The molecule has 15 heavy (non-hydrogen) atoms. The quantitative estimate of drug-likeness (QED) is 0.748. The molecule has 0 radical (unpaired) electrons. The molecule has 0 aromatic carbocycles. The standard InChI is InChI=1S/C12H24N2O/c1-11(2)3-6-14(7-4-11)12(9-13)5-8-15-10-12/h3-10,13H2,1-2H3. The van der Waals surface area contributed by atoms with Gasteiger partial charge in [-0.05, 0) is 37.8 Å². The maximum Gasteiger partial charge on any atom is 0.0663 e. The van der Waals surface area contributed by atoms with E-state index in [9.17, 15) is 0 Å². The lowest BCUT2D eigenvalue weighted by molar-refractivity contribution is 0.0240. The van der Waals surface area contributed by atoms with E-state index < -0.39 is 0 Å². The highest BCUT2D eigenvalue weighted by atomic mass is 16.5. The summed E-state index contributed by atoms with van der Waals surface area (Å²) < 4.78 is 5.53. The van der Waals surface area contributed by atoms with E-state index in [1.807, 2.05) is 0 Å². The van der Waals surface area contributed by atoms with Gasteiger partial charge in [0.1, 0.15) is 0 Å². The molecule has 3 heteroatoms. The lowest BCUT2D eigenvalue weighted by atomic mass is 9.80. The summed E-state index contributed by atoms with van der Waals surface area (Å²) in [4.78, 5) is 2.57. The first kappa shape index (κ1) is 11.4. The number of hydrogen-bond acceptors (Lipinski definition) is 3.